The maximum absolute atomic E-state index is 13.3. The van der Waals surface area contributed by atoms with Crippen molar-refractivity contribution in [1.29, 1.82) is 0 Å². The van der Waals surface area contributed by atoms with Gasteiger partial charge in [-0.3, -0.25) is 0 Å². The molecule has 0 atom stereocenters. The second kappa shape index (κ2) is 3.95. The van der Waals surface area contributed by atoms with Crippen molar-refractivity contribution in [2.24, 2.45) is 0 Å². The smallest absolute Gasteiger partial charge is 0.140 e. The molecule has 78 valence electrons. The van der Waals surface area contributed by atoms with Crippen molar-refractivity contribution in [3.63, 3.8) is 0 Å². The van der Waals surface area contributed by atoms with Crippen LogP contribution in [0.1, 0.15) is 19.4 Å². The molecule has 0 saturated carbocycles. The van der Waals surface area contributed by atoms with E-state index in [1.807, 2.05) is 0 Å². The largest absolute Gasteiger partial charge is 0.395 e. The highest BCUT2D eigenvalue weighted by Crippen LogP contribution is 2.29. The summed E-state index contributed by atoms with van der Waals surface area (Å²) in [5.41, 5.74) is -0.409. The summed E-state index contributed by atoms with van der Waals surface area (Å²) in [5.74, 6) is -1.27. The quantitative estimate of drug-likeness (QED) is 0.815. The first-order valence-corrected chi connectivity index (χ1v) is 4.93. The van der Waals surface area contributed by atoms with E-state index in [9.17, 15) is 8.78 Å². The molecule has 0 unspecified atom stereocenters. The second-order valence-corrected chi connectivity index (χ2v) is 4.64. The van der Waals surface area contributed by atoms with E-state index in [0.29, 0.717) is 5.56 Å². The van der Waals surface area contributed by atoms with Crippen molar-refractivity contribution in [1.82, 2.24) is 0 Å². The van der Waals surface area contributed by atoms with E-state index in [0.717, 1.165) is 6.07 Å². The molecule has 0 spiro atoms. The van der Waals surface area contributed by atoms with Gasteiger partial charge in [-0.15, -0.1) is 0 Å². The Hall–Kier alpha value is -0.480. The second-order valence-electron chi connectivity index (χ2n) is 3.79. The maximum Gasteiger partial charge on any atom is 0.140 e. The first-order valence-electron chi connectivity index (χ1n) is 4.14. The molecule has 1 aromatic rings. The lowest BCUT2D eigenvalue weighted by Gasteiger charge is -2.23. The molecule has 0 aliphatic heterocycles. The van der Waals surface area contributed by atoms with E-state index in [2.05, 4.69) is 15.9 Å². The number of benzene rings is 1. The number of aliphatic hydroxyl groups excluding tert-OH is 1. The van der Waals surface area contributed by atoms with Gasteiger partial charge in [-0.2, -0.15) is 0 Å². The van der Waals surface area contributed by atoms with Crippen LogP contribution < -0.4 is 0 Å². The fourth-order valence-corrected chi connectivity index (χ4v) is 1.47. The summed E-state index contributed by atoms with van der Waals surface area (Å²) >= 11 is 2.98. The zero-order valence-electron chi connectivity index (χ0n) is 7.94. The first kappa shape index (κ1) is 11.6. The summed E-state index contributed by atoms with van der Waals surface area (Å²) in [6.45, 7) is 3.19. The minimum atomic E-state index is -0.708. The third-order valence-electron chi connectivity index (χ3n) is 2.13. The van der Waals surface area contributed by atoms with Crippen molar-refractivity contribution >= 4 is 15.9 Å². The van der Waals surface area contributed by atoms with Crippen LogP contribution in [0.5, 0.6) is 0 Å². The van der Waals surface area contributed by atoms with Crippen LogP contribution in [-0.4, -0.2) is 11.7 Å². The Bertz CT molecular complexity index is 350. The molecule has 1 N–H and O–H groups in total. The molecule has 0 bridgehead atoms. The van der Waals surface area contributed by atoms with Gasteiger partial charge in [-0.05, 0) is 27.6 Å². The van der Waals surface area contributed by atoms with Crippen molar-refractivity contribution in [3.05, 3.63) is 33.8 Å². The summed E-state index contributed by atoms with van der Waals surface area (Å²) in [6, 6.07) is 2.18. The summed E-state index contributed by atoms with van der Waals surface area (Å²) in [6.07, 6.45) is 0. The van der Waals surface area contributed by atoms with E-state index in [1.165, 1.54) is 6.07 Å². The molecule has 1 nitrogen and oxygen atoms in total. The maximum atomic E-state index is 13.3. The average molecular weight is 265 g/mol. The topological polar surface area (TPSA) is 20.2 Å². The molecular formula is C10H11BrF2O. The van der Waals surface area contributed by atoms with Gasteiger partial charge in [0.1, 0.15) is 11.6 Å². The molecule has 0 aromatic heterocycles. The first-order chi connectivity index (χ1) is 6.38. The van der Waals surface area contributed by atoms with Gasteiger partial charge in [-0.1, -0.05) is 13.8 Å². The van der Waals surface area contributed by atoms with Crippen LogP contribution in [0.4, 0.5) is 8.78 Å². The molecule has 0 aliphatic rings. The highest BCUT2D eigenvalue weighted by molar-refractivity contribution is 9.10. The summed E-state index contributed by atoms with van der Waals surface area (Å²) in [5, 5.41) is 9.06. The van der Waals surface area contributed by atoms with Gasteiger partial charge in [-0.25, -0.2) is 8.78 Å². The van der Waals surface area contributed by atoms with Crippen LogP contribution in [-0.2, 0) is 5.41 Å². The minimum Gasteiger partial charge on any atom is -0.395 e. The van der Waals surface area contributed by atoms with Crippen molar-refractivity contribution in [2.45, 2.75) is 19.3 Å². The molecule has 0 heterocycles. The molecular weight excluding hydrogens is 254 g/mol. The highest BCUT2D eigenvalue weighted by Gasteiger charge is 2.24. The summed E-state index contributed by atoms with van der Waals surface area (Å²) in [4.78, 5) is 0. The standard InChI is InChI=1S/C10H11BrF2O/c1-10(2,5-14)6-3-7(11)9(13)4-8(6)12/h3-4,14H,5H2,1-2H3. The van der Waals surface area contributed by atoms with Gasteiger partial charge in [0.25, 0.3) is 0 Å². The van der Waals surface area contributed by atoms with Crippen molar-refractivity contribution < 1.29 is 13.9 Å². The Labute approximate surface area is 89.9 Å². The Kier molecular flexibility index (Phi) is 3.27. The Morgan fingerprint density at radius 1 is 1.29 bits per heavy atom. The SMILES string of the molecule is CC(C)(CO)c1cc(Br)c(F)cc1F. The normalized spacial score (nSPS) is 11.9. The van der Waals surface area contributed by atoms with Gasteiger partial charge >= 0.3 is 0 Å². The highest BCUT2D eigenvalue weighted by atomic mass is 79.9. The summed E-state index contributed by atoms with van der Waals surface area (Å²) < 4.78 is 26.4. The lowest BCUT2D eigenvalue weighted by Crippen LogP contribution is -2.23. The Balaban J connectivity index is 3.29. The molecule has 0 radical (unpaired) electrons. The van der Waals surface area contributed by atoms with Gasteiger partial charge < -0.3 is 5.11 Å². The predicted molar refractivity (Wildman–Crippen MR) is 54.2 cm³/mol. The van der Waals surface area contributed by atoms with E-state index >= 15 is 0 Å². The molecule has 14 heavy (non-hydrogen) atoms. The molecule has 0 amide bonds. The lowest BCUT2D eigenvalue weighted by atomic mass is 9.85. The van der Waals surface area contributed by atoms with Crippen molar-refractivity contribution in [3.8, 4) is 0 Å². The number of hydrogen-bond acceptors (Lipinski definition) is 1. The van der Waals surface area contributed by atoms with E-state index in [4.69, 9.17) is 5.11 Å². The van der Waals surface area contributed by atoms with E-state index in [1.54, 1.807) is 13.8 Å². The van der Waals surface area contributed by atoms with Crippen LogP contribution in [0.25, 0.3) is 0 Å². The fourth-order valence-electron chi connectivity index (χ4n) is 1.13. The monoisotopic (exact) mass is 264 g/mol. The van der Waals surface area contributed by atoms with Gasteiger partial charge in [0.05, 0.1) is 11.1 Å². The van der Waals surface area contributed by atoms with Gasteiger partial charge in [0.15, 0.2) is 0 Å². The average Bonchev–Trinajstić information content (AvgIpc) is 2.11. The van der Waals surface area contributed by atoms with Crippen LogP contribution in [0.15, 0.2) is 16.6 Å². The van der Waals surface area contributed by atoms with Gasteiger partial charge in [0, 0.05) is 11.5 Å². The third kappa shape index (κ3) is 2.12. The van der Waals surface area contributed by atoms with Crippen molar-refractivity contribution in [2.75, 3.05) is 6.61 Å². The third-order valence-corrected chi connectivity index (χ3v) is 2.74. The molecule has 1 aromatic carbocycles. The minimum absolute atomic E-state index is 0.192. The molecule has 0 fully saturated rings. The van der Waals surface area contributed by atoms with E-state index in [-0.39, 0.29) is 11.1 Å². The predicted octanol–water partition coefficient (Wildman–Crippen LogP) is 3.00. The molecule has 0 saturated heterocycles. The number of aliphatic hydroxyl groups is 1. The lowest BCUT2D eigenvalue weighted by molar-refractivity contribution is 0.214. The molecule has 1 rings (SSSR count). The molecule has 4 heteroatoms. The van der Waals surface area contributed by atoms with E-state index < -0.39 is 17.0 Å². The van der Waals surface area contributed by atoms with Gasteiger partial charge in [0.2, 0.25) is 0 Å². The van der Waals surface area contributed by atoms with Crippen LogP contribution in [0.2, 0.25) is 0 Å². The Morgan fingerprint density at radius 2 is 1.86 bits per heavy atom. The molecule has 0 aliphatic carbocycles. The van der Waals surface area contributed by atoms with Crippen LogP contribution >= 0.6 is 15.9 Å². The van der Waals surface area contributed by atoms with Crippen LogP contribution in [0, 0.1) is 11.6 Å². The fraction of sp³-hybridized carbons (Fsp3) is 0.400. The zero-order chi connectivity index (χ0) is 10.9. The Morgan fingerprint density at radius 3 is 2.36 bits per heavy atom. The number of rotatable bonds is 2. The summed E-state index contributed by atoms with van der Waals surface area (Å²) in [7, 11) is 0. The zero-order valence-corrected chi connectivity index (χ0v) is 9.53. The number of hydrogen-bond donors (Lipinski definition) is 1. The van der Waals surface area contributed by atoms with Crippen LogP contribution in [0.3, 0.4) is 0 Å². The number of halogens is 3.